The molecule has 4 nitrogen and oxygen atoms in total. The zero-order chi connectivity index (χ0) is 6.57. The number of amides is 1. The Morgan fingerprint density at radius 1 is 1.78 bits per heavy atom. The largest absolute Gasteiger partial charge is 0.464 e. The van der Waals surface area contributed by atoms with Gasteiger partial charge >= 0.3 is 6.09 Å². The second-order valence-corrected chi connectivity index (χ2v) is 1.25. The van der Waals surface area contributed by atoms with Crippen molar-refractivity contribution in [2.24, 2.45) is 0 Å². The molecule has 0 fully saturated rings. The fourth-order valence-corrected chi connectivity index (χ4v) is 0.389. The lowest BCUT2D eigenvalue weighted by molar-refractivity contribution is 0.129. The Balaban J connectivity index is 0. The van der Waals surface area contributed by atoms with Crippen LogP contribution in [0.15, 0.2) is 0 Å². The van der Waals surface area contributed by atoms with Crippen LogP contribution >= 0.6 is 12.4 Å². The van der Waals surface area contributed by atoms with Crippen LogP contribution in [0.5, 0.6) is 0 Å². The quantitative estimate of drug-likeness (QED) is 0.571. The summed E-state index contributed by atoms with van der Waals surface area (Å²) in [5, 5.41) is 9.32. The summed E-state index contributed by atoms with van der Waals surface area (Å²) in [5.74, 6) is 0. The van der Waals surface area contributed by atoms with Crippen molar-refractivity contribution in [2.45, 2.75) is 6.92 Å². The molecule has 0 aromatic rings. The Morgan fingerprint density at radius 3 is 2.22 bits per heavy atom. The molecule has 0 aromatic heterocycles. The van der Waals surface area contributed by atoms with Crippen molar-refractivity contribution in [1.82, 2.24) is 10.4 Å². The van der Waals surface area contributed by atoms with E-state index in [0.717, 1.165) is 5.01 Å². The summed E-state index contributed by atoms with van der Waals surface area (Å²) in [6, 6.07) is 0. The lowest BCUT2D eigenvalue weighted by Crippen LogP contribution is -2.38. The van der Waals surface area contributed by atoms with Crippen molar-refractivity contribution >= 4 is 18.5 Å². The van der Waals surface area contributed by atoms with E-state index < -0.39 is 6.09 Å². The van der Waals surface area contributed by atoms with E-state index in [-0.39, 0.29) is 12.4 Å². The topological polar surface area (TPSA) is 52.6 Å². The maximum Gasteiger partial charge on any atom is 0.421 e. The maximum atomic E-state index is 10.0. The zero-order valence-electron chi connectivity index (χ0n) is 5.42. The van der Waals surface area contributed by atoms with E-state index in [2.05, 4.69) is 5.43 Å². The smallest absolute Gasteiger partial charge is 0.421 e. The van der Waals surface area contributed by atoms with E-state index in [1.807, 2.05) is 0 Å². The van der Waals surface area contributed by atoms with Gasteiger partial charge in [0.1, 0.15) is 0 Å². The third-order valence-electron chi connectivity index (χ3n) is 0.817. The van der Waals surface area contributed by atoms with Crippen LogP contribution in [0, 0.1) is 0 Å². The molecule has 2 N–H and O–H groups in total. The molecular formula is C4H11ClN2O2. The SMILES string of the molecule is CCN(NC)C(=O)O.Cl. The summed E-state index contributed by atoms with van der Waals surface area (Å²) in [5.41, 5.74) is 2.48. The van der Waals surface area contributed by atoms with Gasteiger partial charge in [0.15, 0.2) is 0 Å². The highest BCUT2D eigenvalue weighted by atomic mass is 35.5. The molecule has 0 heterocycles. The Morgan fingerprint density at radius 2 is 2.22 bits per heavy atom. The first kappa shape index (κ1) is 11.3. The number of carbonyl (C=O) groups is 1. The molecule has 0 aliphatic rings. The van der Waals surface area contributed by atoms with E-state index in [1.54, 1.807) is 14.0 Å². The molecule has 0 rings (SSSR count). The van der Waals surface area contributed by atoms with Crippen molar-refractivity contribution in [2.75, 3.05) is 13.6 Å². The van der Waals surface area contributed by atoms with Crippen LogP contribution < -0.4 is 5.43 Å². The molecule has 0 spiro atoms. The van der Waals surface area contributed by atoms with Gasteiger partial charge in [-0.1, -0.05) is 0 Å². The summed E-state index contributed by atoms with van der Waals surface area (Å²) in [4.78, 5) is 10.0. The van der Waals surface area contributed by atoms with Crippen LogP contribution in [0.1, 0.15) is 6.92 Å². The van der Waals surface area contributed by atoms with Crippen LogP contribution in [0.25, 0.3) is 0 Å². The molecule has 1 amide bonds. The van der Waals surface area contributed by atoms with E-state index in [9.17, 15) is 4.79 Å². The summed E-state index contributed by atoms with van der Waals surface area (Å²) in [6.07, 6.45) is -0.949. The molecule has 5 heteroatoms. The second kappa shape index (κ2) is 5.65. The van der Waals surface area contributed by atoms with Gasteiger partial charge in [-0.15, -0.1) is 12.4 Å². The first-order valence-corrected chi connectivity index (χ1v) is 2.40. The standard InChI is InChI=1S/C4H10N2O2.ClH/c1-3-6(5-2)4(7)8;/h5H,3H2,1-2H3,(H,7,8);1H. The molecule has 0 saturated carbocycles. The van der Waals surface area contributed by atoms with Gasteiger partial charge in [-0.05, 0) is 6.92 Å². The van der Waals surface area contributed by atoms with Crippen LogP contribution in [0.4, 0.5) is 4.79 Å². The molecule has 0 aliphatic carbocycles. The summed E-state index contributed by atoms with van der Waals surface area (Å²) >= 11 is 0. The molecule has 0 unspecified atom stereocenters. The monoisotopic (exact) mass is 154 g/mol. The fraction of sp³-hybridized carbons (Fsp3) is 0.750. The number of hydrogen-bond donors (Lipinski definition) is 2. The van der Waals surface area contributed by atoms with Gasteiger partial charge in [-0.3, -0.25) is 0 Å². The molecule has 0 radical (unpaired) electrons. The predicted octanol–water partition coefficient (Wildman–Crippen LogP) is 0.543. The number of hydrogen-bond acceptors (Lipinski definition) is 2. The lowest BCUT2D eigenvalue weighted by atomic mass is 10.7. The van der Waals surface area contributed by atoms with Gasteiger partial charge in [0.25, 0.3) is 0 Å². The highest BCUT2D eigenvalue weighted by molar-refractivity contribution is 5.85. The molecule has 0 atom stereocenters. The molecule has 56 valence electrons. The maximum absolute atomic E-state index is 10.0. The van der Waals surface area contributed by atoms with E-state index in [1.165, 1.54) is 0 Å². The van der Waals surface area contributed by atoms with Crippen LogP contribution in [-0.2, 0) is 0 Å². The molecule has 0 aromatic carbocycles. The van der Waals surface area contributed by atoms with E-state index >= 15 is 0 Å². The number of nitrogens with one attached hydrogen (secondary N) is 1. The summed E-state index contributed by atoms with van der Waals surface area (Å²) in [7, 11) is 1.57. The number of halogens is 1. The fourth-order valence-electron chi connectivity index (χ4n) is 0.389. The van der Waals surface area contributed by atoms with Crippen molar-refractivity contribution in [3.8, 4) is 0 Å². The zero-order valence-corrected chi connectivity index (χ0v) is 6.23. The number of hydrazine groups is 1. The van der Waals surface area contributed by atoms with Gasteiger partial charge < -0.3 is 5.11 Å². The second-order valence-electron chi connectivity index (χ2n) is 1.25. The van der Waals surface area contributed by atoms with Gasteiger partial charge in [0.2, 0.25) is 0 Å². The molecule has 0 aliphatic heterocycles. The Labute approximate surface area is 60.2 Å². The van der Waals surface area contributed by atoms with Crippen molar-refractivity contribution in [3.63, 3.8) is 0 Å². The van der Waals surface area contributed by atoms with Crippen molar-refractivity contribution in [1.29, 1.82) is 0 Å². The van der Waals surface area contributed by atoms with E-state index in [4.69, 9.17) is 5.11 Å². The molecular weight excluding hydrogens is 144 g/mol. The van der Waals surface area contributed by atoms with Crippen LogP contribution in [0.3, 0.4) is 0 Å². The van der Waals surface area contributed by atoms with Crippen molar-refractivity contribution < 1.29 is 9.90 Å². The number of nitrogens with zero attached hydrogens (tertiary/aromatic N) is 1. The lowest BCUT2D eigenvalue weighted by Gasteiger charge is -2.13. The highest BCUT2D eigenvalue weighted by Crippen LogP contribution is 1.78. The molecule has 0 bridgehead atoms. The van der Waals surface area contributed by atoms with E-state index in [0.29, 0.717) is 6.54 Å². The first-order chi connectivity index (χ1) is 3.72. The summed E-state index contributed by atoms with van der Waals surface area (Å²) in [6.45, 7) is 2.22. The minimum absolute atomic E-state index is 0. The van der Waals surface area contributed by atoms with Crippen LogP contribution in [-0.4, -0.2) is 29.8 Å². The predicted molar refractivity (Wildman–Crippen MR) is 36.7 cm³/mol. The minimum atomic E-state index is -0.949. The summed E-state index contributed by atoms with van der Waals surface area (Å²) < 4.78 is 0. The third kappa shape index (κ3) is 4.05. The number of carboxylic acid groups (broad SMARTS) is 1. The van der Waals surface area contributed by atoms with Gasteiger partial charge in [0, 0.05) is 13.6 Å². The highest BCUT2D eigenvalue weighted by Gasteiger charge is 2.02. The Bertz CT molecular complexity index is 84.6. The Hall–Kier alpha value is -0.480. The van der Waals surface area contributed by atoms with Crippen molar-refractivity contribution in [3.05, 3.63) is 0 Å². The van der Waals surface area contributed by atoms with Crippen LogP contribution in [0.2, 0.25) is 0 Å². The van der Waals surface area contributed by atoms with Gasteiger partial charge in [0.05, 0.1) is 0 Å². The third-order valence-corrected chi connectivity index (χ3v) is 0.817. The molecule has 9 heavy (non-hydrogen) atoms. The normalized spacial score (nSPS) is 7.78. The first-order valence-electron chi connectivity index (χ1n) is 2.40. The Kier molecular flexibility index (Phi) is 7.12. The van der Waals surface area contributed by atoms with Gasteiger partial charge in [-0.2, -0.15) is 0 Å². The average molecular weight is 155 g/mol. The molecule has 0 saturated heterocycles. The number of rotatable bonds is 2. The minimum Gasteiger partial charge on any atom is -0.464 e. The average Bonchev–Trinajstić information content (AvgIpc) is 1.69. The van der Waals surface area contributed by atoms with Gasteiger partial charge in [-0.25, -0.2) is 15.2 Å².